The van der Waals surface area contributed by atoms with Gasteiger partial charge >= 0.3 is 0 Å². The third-order valence-corrected chi connectivity index (χ3v) is 5.61. The molecule has 1 aromatic carbocycles. The number of carbonyl (C=O) groups excluding carboxylic acids is 1. The fourth-order valence-corrected chi connectivity index (χ4v) is 4.13. The molecule has 6 heteroatoms. The molecule has 0 atom stereocenters. The molecule has 0 aliphatic carbocycles. The molecule has 1 aromatic heterocycles. The smallest absolute Gasteiger partial charge is 0.242 e. The molecule has 0 saturated carbocycles. The Hall–Kier alpha value is -1.56. The van der Waals surface area contributed by atoms with Crippen molar-refractivity contribution in [1.82, 2.24) is 14.4 Å². The molecular formula is C19H24ClN3O2. The van der Waals surface area contributed by atoms with E-state index in [2.05, 4.69) is 28.6 Å². The van der Waals surface area contributed by atoms with Gasteiger partial charge in [0.05, 0.1) is 13.2 Å². The number of hydrogen-bond donors (Lipinski definition) is 0. The number of ether oxygens (including phenoxy) is 1. The Balaban J connectivity index is 1.73. The SMILES string of the molecule is CN1CCc2c(n(CC(=O)N3CCOCC3)c3ccc(Cl)cc23)CC1. The summed E-state index contributed by atoms with van der Waals surface area (Å²) in [7, 11) is 2.16. The molecule has 2 aliphatic rings. The number of likely N-dealkylation sites (N-methyl/N-ethyl adjacent to an activating group) is 1. The number of aromatic nitrogens is 1. The van der Waals surface area contributed by atoms with E-state index in [1.54, 1.807) is 0 Å². The maximum Gasteiger partial charge on any atom is 0.242 e. The Kier molecular flexibility index (Phi) is 4.71. The lowest BCUT2D eigenvalue weighted by Gasteiger charge is -2.27. The summed E-state index contributed by atoms with van der Waals surface area (Å²) in [6, 6.07) is 6.03. The van der Waals surface area contributed by atoms with E-state index in [4.69, 9.17) is 16.3 Å². The molecule has 1 amide bonds. The third kappa shape index (κ3) is 3.28. The number of benzene rings is 1. The lowest BCUT2D eigenvalue weighted by Crippen LogP contribution is -2.42. The summed E-state index contributed by atoms with van der Waals surface area (Å²) in [5.41, 5.74) is 3.78. The van der Waals surface area contributed by atoms with Gasteiger partial charge in [-0.05, 0) is 37.2 Å². The van der Waals surface area contributed by atoms with Crippen molar-refractivity contribution in [1.29, 1.82) is 0 Å². The molecule has 1 fully saturated rings. The van der Waals surface area contributed by atoms with Crippen LogP contribution in [0.3, 0.4) is 0 Å². The van der Waals surface area contributed by atoms with Crippen LogP contribution >= 0.6 is 11.6 Å². The fourth-order valence-electron chi connectivity index (χ4n) is 3.95. The number of halogens is 1. The predicted molar refractivity (Wildman–Crippen MR) is 99.3 cm³/mol. The van der Waals surface area contributed by atoms with E-state index in [1.807, 2.05) is 11.0 Å². The largest absolute Gasteiger partial charge is 0.378 e. The predicted octanol–water partition coefficient (Wildman–Crippen LogP) is 2.18. The third-order valence-electron chi connectivity index (χ3n) is 5.38. The Morgan fingerprint density at radius 1 is 1.16 bits per heavy atom. The molecule has 0 spiro atoms. The second-order valence-corrected chi connectivity index (χ2v) is 7.41. The van der Waals surface area contributed by atoms with Crippen molar-refractivity contribution >= 4 is 28.4 Å². The summed E-state index contributed by atoms with van der Waals surface area (Å²) in [5, 5.41) is 1.96. The highest BCUT2D eigenvalue weighted by Gasteiger charge is 2.24. The van der Waals surface area contributed by atoms with Gasteiger partial charge in [-0.15, -0.1) is 0 Å². The molecule has 0 N–H and O–H groups in total. The van der Waals surface area contributed by atoms with E-state index in [0.717, 1.165) is 36.5 Å². The first kappa shape index (κ1) is 16.9. The molecular weight excluding hydrogens is 338 g/mol. The van der Waals surface area contributed by atoms with Gasteiger partial charge in [-0.25, -0.2) is 0 Å². The molecule has 0 unspecified atom stereocenters. The van der Waals surface area contributed by atoms with Crippen molar-refractivity contribution in [3.8, 4) is 0 Å². The maximum absolute atomic E-state index is 12.8. The zero-order valence-electron chi connectivity index (χ0n) is 14.6. The number of amides is 1. The van der Waals surface area contributed by atoms with Crippen LogP contribution in [0.15, 0.2) is 18.2 Å². The van der Waals surface area contributed by atoms with Gasteiger partial charge in [-0.2, -0.15) is 0 Å². The normalized spacial score (nSPS) is 19.0. The summed E-state index contributed by atoms with van der Waals surface area (Å²) in [5.74, 6) is 0.176. The number of nitrogens with zero attached hydrogens (tertiary/aromatic N) is 3. The van der Waals surface area contributed by atoms with Crippen LogP contribution in [-0.4, -0.2) is 66.7 Å². The number of rotatable bonds is 2. The Morgan fingerprint density at radius 2 is 1.92 bits per heavy atom. The number of morpholine rings is 1. The van der Waals surface area contributed by atoms with Gasteiger partial charge in [0.2, 0.25) is 5.91 Å². The molecule has 25 heavy (non-hydrogen) atoms. The standard InChI is InChI=1S/C19H24ClN3O2/c1-21-6-4-15-16-12-14(20)2-3-17(16)23(18(15)5-7-21)13-19(24)22-8-10-25-11-9-22/h2-3,12H,4-11,13H2,1H3. The molecule has 0 radical (unpaired) electrons. The first-order chi connectivity index (χ1) is 12.1. The maximum atomic E-state index is 12.8. The fraction of sp³-hybridized carbons (Fsp3) is 0.526. The van der Waals surface area contributed by atoms with Gasteiger partial charge < -0.3 is 19.1 Å². The molecule has 2 aliphatic heterocycles. The van der Waals surface area contributed by atoms with Crippen molar-refractivity contribution in [2.45, 2.75) is 19.4 Å². The van der Waals surface area contributed by atoms with E-state index in [1.165, 1.54) is 16.6 Å². The van der Waals surface area contributed by atoms with Crippen molar-refractivity contribution < 1.29 is 9.53 Å². The van der Waals surface area contributed by atoms with Crippen LogP contribution in [0.25, 0.3) is 10.9 Å². The van der Waals surface area contributed by atoms with Gasteiger partial charge in [0.15, 0.2) is 0 Å². The summed E-state index contributed by atoms with van der Waals surface area (Å²) in [6.45, 7) is 5.10. The van der Waals surface area contributed by atoms with Crippen molar-refractivity contribution in [3.05, 3.63) is 34.5 Å². The quantitative estimate of drug-likeness (QED) is 0.823. The average Bonchev–Trinajstić information content (AvgIpc) is 2.76. The highest BCUT2D eigenvalue weighted by atomic mass is 35.5. The molecule has 1 saturated heterocycles. The van der Waals surface area contributed by atoms with Crippen LogP contribution in [0.4, 0.5) is 0 Å². The van der Waals surface area contributed by atoms with E-state index in [-0.39, 0.29) is 5.91 Å². The highest BCUT2D eigenvalue weighted by molar-refractivity contribution is 6.31. The lowest BCUT2D eigenvalue weighted by molar-refractivity contribution is -0.135. The van der Waals surface area contributed by atoms with Crippen LogP contribution in [0.5, 0.6) is 0 Å². The Morgan fingerprint density at radius 3 is 2.72 bits per heavy atom. The average molecular weight is 362 g/mol. The molecule has 134 valence electrons. The number of hydrogen-bond acceptors (Lipinski definition) is 3. The second kappa shape index (κ2) is 6.98. The minimum Gasteiger partial charge on any atom is -0.378 e. The van der Waals surface area contributed by atoms with E-state index < -0.39 is 0 Å². The van der Waals surface area contributed by atoms with Gasteiger partial charge in [-0.3, -0.25) is 4.79 Å². The van der Waals surface area contributed by atoms with Crippen molar-refractivity contribution in [2.24, 2.45) is 0 Å². The first-order valence-corrected chi connectivity index (χ1v) is 9.35. The van der Waals surface area contributed by atoms with Gasteiger partial charge in [-0.1, -0.05) is 11.6 Å². The zero-order valence-corrected chi connectivity index (χ0v) is 15.4. The van der Waals surface area contributed by atoms with Crippen molar-refractivity contribution in [2.75, 3.05) is 46.4 Å². The van der Waals surface area contributed by atoms with Crippen LogP contribution in [-0.2, 0) is 28.9 Å². The lowest BCUT2D eigenvalue weighted by atomic mass is 10.1. The summed E-state index contributed by atoms with van der Waals surface area (Å²) >= 11 is 6.26. The summed E-state index contributed by atoms with van der Waals surface area (Å²) < 4.78 is 7.59. The monoisotopic (exact) mass is 361 g/mol. The van der Waals surface area contributed by atoms with Crippen LogP contribution < -0.4 is 0 Å². The topological polar surface area (TPSA) is 37.7 Å². The molecule has 4 rings (SSSR count). The summed E-state index contributed by atoms with van der Waals surface area (Å²) in [6.07, 6.45) is 1.97. The van der Waals surface area contributed by atoms with E-state index in [0.29, 0.717) is 32.8 Å². The van der Waals surface area contributed by atoms with Crippen LogP contribution in [0.1, 0.15) is 11.3 Å². The molecule has 0 bridgehead atoms. The van der Waals surface area contributed by atoms with Crippen LogP contribution in [0.2, 0.25) is 5.02 Å². The Labute approximate surface area is 153 Å². The molecule has 2 aromatic rings. The zero-order chi connectivity index (χ0) is 17.4. The van der Waals surface area contributed by atoms with E-state index in [9.17, 15) is 4.79 Å². The van der Waals surface area contributed by atoms with Gasteiger partial charge in [0.1, 0.15) is 6.54 Å². The molecule has 5 nitrogen and oxygen atoms in total. The molecule has 3 heterocycles. The summed E-state index contributed by atoms with van der Waals surface area (Å²) in [4.78, 5) is 17.1. The first-order valence-electron chi connectivity index (χ1n) is 8.97. The number of carbonyl (C=O) groups is 1. The second-order valence-electron chi connectivity index (χ2n) is 6.97. The minimum atomic E-state index is 0.176. The van der Waals surface area contributed by atoms with Crippen molar-refractivity contribution in [3.63, 3.8) is 0 Å². The Bertz CT molecular complexity index is 796. The highest BCUT2D eigenvalue weighted by Crippen LogP contribution is 2.31. The minimum absolute atomic E-state index is 0.176. The van der Waals surface area contributed by atoms with E-state index >= 15 is 0 Å². The van der Waals surface area contributed by atoms with Gasteiger partial charge in [0.25, 0.3) is 0 Å². The van der Waals surface area contributed by atoms with Gasteiger partial charge in [0, 0.05) is 54.2 Å². The van der Waals surface area contributed by atoms with Crippen LogP contribution in [0, 0.1) is 0 Å². The number of fused-ring (bicyclic) bond motifs is 3.